The van der Waals surface area contributed by atoms with Crippen LogP contribution in [0.2, 0.25) is 0 Å². The van der Waals surface area contributed by atoms with Gasteiger partial charge in [-0.2, -0.15) is 0 Å². The van der Waals surface area contributed by atoms with Gasteiger partial charge in [0.05, 0.1) is 18.2 Å². The first kappa shape index (κ1) is 30.8. The highest BCUT2D eigenvalue weighted by molar-refractivity contribution is 6.07. The summed E-state index contributed by atoms with van der Waals surface area (Å²) in [4.78, 5) is 71.1. The average Bonchev–Trinajstić information content (AvgIpc) is 3.29. The van der Waals surface area contributed by atoms with E-state index in [9.17, 15) is 24.0 Å². The average molecular weight is 570 g/mol. The van der Waals surface area contributed by atoms with Crippen molar-refractivity contribution in [1.29, 1.82) is 0 Å². The maximum atomic E-state index is 13.6. The summed E-state index contributed by atoms with van der Waals surface area (Å²) in [6, 6.07) is 4.29. The fourth-order valence-electron chi connectivity index (χ4n) is 4.23. The lowest BCUT2D eigenvalue weighted by Gasteiger charge is -2.26. The minimum Gasteiger partial charge on any atom is -0.426 e. The van der Waals surface area contributed by atoms with E-state index in [1.54, 1.807) is 37.1 Å². The van der Waals surface area contributed by atoms with Gasteiger partial charge in [0.2, 0.25) is 19.1 Å². The Morgan fingerprint density at radius 2 is 2.00 bits per heavy atom. The maximum absolute atomic E-state index is 13.6. The fraction of sp³-hybridized carbons (Fsp3) is 0.444. The summed E-state index contributed by atoms with van der Waals surface area (Å²) in [6.45, 7) is 8.77. The van der Waals surface area contributed by atoms with E-state index in [0.29, 0.717) is 47.7 Å². The van der Waals surface area contributed by atoms with Crippen molar-refractivity contribution < 1.29 is 33.4 Å². The Bertz CT molecular complexity index is 1290. The summed E-state index contributed by atoms with van der Waals surface area (Å²) in [6.07, 6.45) is 1.33. The second-order valence-corrected chi connectivity index (χ2v) is 9.37. The van der Waals surface area contributed by atoms with Gasteiger partial charge in [0, 0.05) is 18.7 Å². The van der Waals surface area contributed by atoms with Crippen molar-refractivity contribution in [2.45, 2.75) is 47.1 Å². The molecule has 3 N–H and O–H groups in total. The number of hydrogen-bond donors (Lipinski definition) is 3. The molecule has 220 valence electrons. The van der Waals surface area contributed by atoms with Gasteiger partial charge in [0.25, 0.3) is 5.91 Å². The van der Waals surface area contributed by atoms with Gasteiger partial charge in [0.1, 0.15) is 18.1 Å². The molecule has 4 amide bonds. The van der Waals surface area contributed by atoms with E-state index in [1.165, 1.54) is 13.3 Å². The molecule has 0 saturated carbocycles. The molecule has 0 spiro atoms. The first-order valence-corrected chi connectivity index (χ1v) is 13.2. The molecule has 2 aliphatic rings. The highest BCUT2D eigenvalue weighted by Crippen LogP contribution is 2.32. The Balaban J connectivity index is 1.81. The molecule has 2 aliphatic heterocycles. The zero-order valence-corrected chi connectivity index (χ0v) is 23.7. The number of aryl methyl sites for hydroxylation is 1. The molecule has 1 aromatic rings. The molecule has 41 heavy (non-hydrogen) atoms. The summed E-state index contributed by atoms with van der Waals surface area (Å²) in [5.41, 5.74) is 6.09. The summed E-state index contributed by atoms with van der Waals surface area (Å²) in [5.74, 6) is -1.87. The summed E-state index contributed by atoms with van der Waals surface area (Å²) < 4.78 is 9.88. The Morgan fingerprint density at radius 1 is 1.24 bits per heavy atom. The second kappa shape index (κ2) is 14.1. The molecule has 2 heterocycles. The number of esters is 1. The molecule has 1 aromatic carbocycles. The largest absolute Gasteiger partial charge is 0.426 e. The highest BCUT2D eigenvalue weighted by Gasteiger charge is 2.41. The van der Waals surface area contributed by atoms with Gasteiger partial charge in [-0.3, -0.25) is 24.8 Å². The third kappa shape index (κ3) is 7.26. The minimum absolute atomic E-state index is 0.0878. The van der Waals surface area contributed by atoms with Crippen molar-refractivity contribution in [3.05, 3.63) is 40.6 Å². The number of benzene rings is 1. The van der Waals surface area contributed by atoms with E-state index in [4.69, 9.17) is 14.5 Å². The van der Waals surface area contributed by atoms with Crippen LogP contribution in [-0.2, 0) is 23.9 Å². The van der Waals surface area contributed by atoms with Crippen LogP contribution in [0.1, 0.15) is 50.0 Å². The molecule has 0 fully saturated rings. The number of fused-ring (bicyclic) bond motifs is 1. The lowest BCUT2D eigenvalue weighted by Crippen LogP contribution is -2.45. The van der Waals surface area contributed by atoms with Crippen LogP contribution in [0.5, 0.6) is 0 Å². The van der Waals surface area contributed by atoms with Crippen molar-refractivity contribution in [3.63, 3.8) is 0 Å². The lowest BCUT2D eigenvalue weighted by atomic mass is 10.0. The van der Waals surface area contributed by atoms with E-state index in [-0.39, 0.29) is 19.0 Å². The monoisotopic (exact) mass is 569 g/mol. The molecular weight excluding hydrogens is 534 g/mol. The van der Waals surface area contributed by atoms with E-state index in [2.05, 4.69) is 21.1 Å². The first-order chi connectivity index (χ1) is 19.6. The van der Waals surface area contributed by atoms with E-state index in [1.807, 2.05) is 13.8 Å². The van der Waals surface area contributed by atoms with Crippen LogP contribution in [-0.4, -0.2) is 84.8 Å². The standard InChI is InChI=1S/C27H35N7O7/c1-6-10-33(27(39)41-15-40-26(38)18(5)30-14-35)25(37)20-12-34-22(17(20)4)23(29-13-31-34)32-21-11-19(9-8-16(21)3)24(36)28-7-2/h8-9,11,13-14,18,20H,6-7,10,12,15H2,1-5H3,(H,28,36)(H,30,35)(H,29,31,32). The van der Waals surface area contributed by atoms with Crippen molar-refractivity contribution in [2.75, 3.05) is 26.4 Å². The molecule has 0 aromatic heterocycles. The molecule has 0 bridgehead atoms. The number of hydrogen-bond acceptors (Lipinski definition) is 10. The van der Waals surface area contributed by atoms with Gasteiger partial charge < -0.3 is 20.1 Å². The van der Waals surface area contributed by atoms with Crippen molar-refractivity contribution in [3.8, 4) is 0 Å². The Morgan fingerprint density at radius 3 is 2.68 bits per heavy atom. The Kier molecular flexibility index (Phi) is 10.6. The first-order valence-electron chi connectivity index (χ1n) is 13.2. The van der Waals surface area contributed by atoms with Gasteiger partial charge >= 0.3 is 12.1 Å². The summed E-state index contributed by atoms with van der Waals surface area (Å²) >= 11 is 0. The number of imide groups is 1. The van der Waals surface area contributed by atoms with Gasteiger partial charge in [-0.25, -0.2) is 24.5 Å². The molecule has 0 radical (unpaired) electrons. The van der Waals surface area contributed by atoms with Crippen LogP contribution in [0, 0.1) is 12.8 Å². The van der Waals surface area contributed by atoms with Crippen molar-refractivity contribution in [2.24, 2.45) is 15.9 Å². The number of nitrogens with one attached hydrogen (secondary N) is 3. The second-order valence-electron chi connectivity index (χ2n) is 9.37. The number of amides is 4. The van der Waals surface area contributed by atoms with Gasteiger partial charge in [-0.15, -0.1) is 0 Å². The Labute approximate surface area is 237 Å². The number of rotatable bonds is 11. The number of ether oxygens (including phenoxy) is 2. The molecule has 0 aliphatic carbocycles. The summed E-state index contributed by atoms with van der Waals surface area (Å²) in [7, 11) is 0. The zero-order valence-electron chi connectivity index (χ0n) is 23.7. The van der Waals surface area contributed by atoms with Gasteiger partial charge in [0.15, 0.2) is 5.84 Å². The third-order valence-corrected chi connectivity index (χ3v) is 6.47. The zero-order chi connectivity index (χ0) is 30.1. The smallest absolute Gasteiger partial charge is 0.419 e. The number of hydrazine groups is 1. The number of carbonyl (C=O) groups excluding carboxylic acids is 5. The van der Waals surface area contributed by atoms with E-state index >= 15 is 0 Å². The molecule has 0 saturated heterocycles. The SMILES string of the molecule is CCCN(C(=O)OCOC(=O)C(C)NC=O)C(=O)C1CN2NC=NC(=Nc3cc(C(=O)NCC)ccc3C)C2=C1C. The minimum atomic E-state index is -0.959. The number of carbonyl (C=O) groups is 5. The lowest BCUT2D eigenvalue weighted by molar-refractivity contribution is -0.155. The van der Waals surface area contributed by atoms with Crippen LogP contribution in [0.4, 0.5) is 10.5 Å². The molecule has 3 rings (SSSR count). The normalized spacial score (nSPS) is 17.3. The maximum Gasteiger partial charge on any atom is 0.419 e. The molecular formula is C27H35N7O7. The van der Waals surface area contributed by atoms with Crippen LogP contribution >= 0.6 is 0 Å². The Hall–Kier alpha value is -4.75. The topological polar surface area (TPSA) is 171 Å². The predicted octanol–water partition coefficient (Wildman–Crippen LogP) is 1.54. The van der Waals surface area contributed by atoms with Crippen LogP contribution in [0.15, 0.2) is 39.5 Å². The molecule has 14 heteroatoms. The molecule has 2 atom stereocenters. The summed E-state index contributed by atoms with van der Waals surface area (Å²) in [5, 5.41) is 6.73. The third-order valence-electron chi connectivity index (χ3n) is 6.47. The number of nitrogens with zero attached hydrogens (tertiary/aromatic N) is 4. The van der Waals surface area contributed by atoms with E-state index < -0.39 is 36.7 Å². The number of aliphatic imine (C=N–C) groups is 2. The van der Waals surface area contributed by atoms with Crippen LogP contribution < -0.4 is 16.1 Å². The predicted molar refractivity (Wildman–Crippen MR) is 149 cm³/mol. The van der Waals surface area contributed by atoms with Crippen LogP contribution in [0.25, 0.3) is 0 Å². The number of amidine groups is 1. The fourth-order valence-corrected chi connectivity index (χ4v) is 4.23. The van der Waals surface area contributed by atoms with Gasteiger partial charge in [-0.05, 0) is 57.4 Å². The van der Waals surface area contributed by atoms with Gasteiger partial charge in [-0.1, -0.05) is 13.0 Å². The van der Waals surface area contributed by atoms with Crippen LogP contribution in [0.3, 0.4) is 0 Å². The van der Waals surface area contributed by atoms with Crippen molar-refractivity contribution >= 4 is 48.1 Å². The quantitative estimate of drug-likeness (QED) is 0.203. The molecule has 14 nitrogen and oxygen atoms in total. The van der Waals surface area contributed by atoms with Crippen molar-refractivity contribution in [1.82, 2.24) is 26.0 Å². The highest BCUT2D eigenvalue weighted by atomic mass is 16.7. The van der Waals surface area contributed by atoms with E-state index in [0.717, 1.165) is 10.5 Å². The molecule has 2 unspecified atom stereocenters.